The number of hydrogen-bond acceptors (Lipinski definition) is 2. The molecule has 0 aromatic carbocycles. The Morgan fingerprint density at radius 2 is 1.95 bits per heavy atom. The van der Waals surface area contributed by atoms with Gasteiger partial charge >= 0.3 is 0 Å². The fourth-order valence-corrected chi connectivity index (χ4v) is 6.78. The predicted molar refractivity (Wildman–Crippen MR) is 98.0 cm³/mol. The molecule has 3 saturated carbocycles. The average Bonchev–Trinajstić information content (AvgIpc) is 2.84. The van der Waals surface area contributed by atoms with Gasteiger partial charge in [0.1, 0.15) is 0 Å². The van der Waals surface area contributed by atoms with E-state index in [-0.39, 0.29) is 15.3 Å². The number of halogens is 1. The maximum absolute atomic E-state index is 11.6. The third-order valence-electron chi connectivity index (χ3n) is 6.30. The molecule has 4 rings (SSSR count). The van der Waals surface area contributed by atoms with E-state index in [0.29, 0.717) is 17.8 Å². The zero-order valence-corrected chi connectivity index (χ0v) is 15.8. The summed E-state index contributed by atoms with van der Waals surface area (Å²) in [6, 6.07) is 0. The molecule has 0 aromatic heterocycles. The number of carbonyl (C=O) groups is 1. The first-order chi connectivity index (χ1) is 10.6. The lowest BCUT2D eigenvalue weighted by Gasteiger charge is -2.51. The van der Waals surface area contributed by atoms with Gasteiger partial charge in [-0.25, -0.2) is 0 Å². The van der Waals surface area contributed by atoms with Gasteiger partial charge in [-0.15, -0.1) is 0 Å². The molecule has 5 unspecified atom stereocenters. The highest BCUT2D eigenvalue weighted by molar-refractivity contribution is 14.1. The third kappa shape index (κ3) is 2.52. The van der Waals surface area contributed by atoms with Crippen molar-refractivity contribution in [1.29, 1.82) is 0 Å². The van der Waals surface area contributed by atoms with Crippen LogP contribution in [0.2, 0.25) is 0 Å². The van der Waals surface area contributed by atoms with E-state index in [4.69, 9.17) is 0 Å². The van der Waals surface area contributed by atoms with Gasteiger partial charge in [0.05, 0.1) is 9.53 Å². The summed E-state index contributed by atoms with van der Waals surface area (Å²) in [6.07, 6.45) is 12.6. The van der Waals surface area contributed by atoms with Gasteiger partial charge in [-0.2, -0.15) is 0 Å². The van der Waals surface area contributed by atoms with Crippen LogP contribution in [0.25, 0.3) is 0 Å². The smallest absolute Gasteiger partial charge is 0.178 e. The Morgan fingerprint density at radius 1 is 1.18 bits per heavy atom. The molecule has 4 aliphatic carbocycles. The van der Waals surface area contributed by atoms with Gasteiger partial charge in [0.25, 0.3) is 0 Å². The minimum absolute atomic E-state index is 0.102. The number of aliphatic hydroxyl groups excluding tert-OH is 1. The summed E-state index contributed by atoms with van der Waals surface area (Å²) in [4.78, 5) is 11.6. The van der Waals surface area contributed by atoms with Crippen molar-refractivity contribution in [2.24, 2.45) is 23.7 Å². The van der Waals surface area contributed by atoms with Crippen molar-refractivity contribution in [3.63, 3.8) is 0 Å². The van der Waals surface area contributed by atoms with Crippen molar-refractivity contribution in [3.8, 4) is 0 Å². The van der Waals surface area contributed by atoms with E-state index in [9.17, 15) is 9.90 Å². The van der Waals surface area contributed by atoms with Crippen molar-refractivity contribution in [2.45, 2.75) is 61.9 Å². The van der Waals surface area contributed by atoms with Gasteiger partial charge < -0.3 is 5.11 Å². The highest BCUT2D eigenvalue weighted by Gasteiger charge is 2.56. The van der Waals surface area contributed by atoms with E-state index < -0.39 is 0 Å². The summed E-state index contributed by atoms with van der Waals surface area (Å²) in [5, 5.41) is 10.4. The van der Waals surface area contributed by atoms with Crippen LogP contribution in [0.1, 0.15) is 52.4 Å². The Kier molecular flexibility index (Phi) is 4.84. The monoisotopic (exact) mass is 414 g/mol. The van der Waals surface area contributed by atoms with Gasteiger partial charge in [0.15, 0.2) is 5.78 Å². The first-order valence-corrected chi connectivity index (χ1v) is 9.97. The minimum atomic E-state index is -0.102. The third-order valence-corrected chi connectivity index (χ3v) is 8.36. The lowest BCUT2D eigenvalue weighted by Crippen LogP contribution is -2.49. The van der Waals surface area contributed by atoms with E-state index >= 15 is 0 Å². The van der Waals surface area contributed by atoms with Gasteiger partial charge in [0.2, 0.25) is 0 Å². The lowest BCUT2D eigenvalue weighted by molar-refractivity contribution is -0.110. The van der Waals surface area contributed by atoms with Crippen LogP contribution in [0.4, 0.5) is 0 Å². The minimum Gasteiger partial charge on any atom is -0.392 e. The summed E-state index contributed by atoms with van der Waals surface area (Å²) in [6.45, 7) is 4.00. The number of carbonyl (C=O) groups excluding carboxylic acids is 1. The topological polar surface area (TPSA) is 37.3 Å². The maximum atomic E-state index is 11.6. The zero-order valence-electron chi connectivity index (χ0n) is 13.6. The molecule has 6 atom stereocenters. The molecule has 0 amide bonds. The van der Waals surface area contributed by atoms with E-state index in [1.807, 2.05) is 19.9 Å². The van der Waals surface area contributed by atoms with E-state index in [0.717, 1.165) is 25.2 Å². The van der Waals surface area contributed by atoms with Crippen molar-refractivity contribution in [1.82, 2.24) is 0 Å². The molecule has 3 heteroatoms. The summed E-state index contributed by atoms with van der Waals surface area (Å²) in [5.41, 5.74) is 1.37. The number of alkyl halides is 1. The highest BCUT2D eigenvalue weighted by Crippen LogP contribution is 2.60. The van der Waals surface area contributed by atoms with Crippen LogP contribution in [-0.2, 0) is 4.79 Å². The van der Waals surface area contributed by atoms with Gasteiger partial charge in [0, 0.05) is 5.92 Å². The Labute approximate surface area is 147 Å². The first-order valence-electron chi connectivity index (χ1n) is 8.89. The lowest BCUT2D eigenvalue weighted by atomic mass is 9.57. The average molecular weight is 414 g/mol. The molecule has 0 aliphatic heterocycles. The molecule has 0 heterocycles. The SMILES string of the molecule is CC.O=C1C=CC2C(=C1)CCC1C2CC[C@]2(I)C(O)CCC12. The molecular weight excluding hydrogens is 387 g/mol. The fourth-order valence-electron chi connectivity index (χ4n) is 5.39. The van der Waals surface area contributed by atoms with Crippen LogP contribution in [0.5, 0.6) is 0 Å². The van der Waals surface area contributed by atoms with Crippen molar-refractivity contribution >= 4 is 28.4 Å². The second-order valence-corrected chi connectivity index (χ2v) is 9.05. The van der Waals surface area contributed by atoms with Crippen molar-refractivity contribution in [2.75, 3.05) is 0 Å². The Bertz CT molecular complexity index is 510. The summed E-state index contributed by atoms with van der Waals surface area (Å²) in [5.74, 6) is 2.81. The van der Waals surface area contributed by atoms with E-state index in [1.54, 1.807) is 6.08 Å². The summed E-state index contributed by atoms with van der Waals surface area (Å²) < 4.78 is 0.133. The molecule has 0 bridgehead atoms. The van der Waals surface area contributed by atoms with Crippen LogP contribution in [0.3, 0.4) is 0 Å². The Balaban J connectivity index is 0.000000693. The molecule has 4 aliphatic rings. The molecular formula is C19H27IO2. The normalized spacial score (nSPS) is 45.9. The number of allylic oxidation sites excluding steroid dienone is 4. The molecule has 2 nitrogen and oxygen atoms in total. The summed E-state index contributed by atoms with van der Waals surface area (Å²) >= 11 is 2.57. The molecule has 0 radical (unpaired) electrons. The Hall–Kier alpha value is -0.160. The second kappa shape index (κ2) is 6.39. The van der Waals surface area contributed by atoms with Crippen LogP contribution in [0.15, 0.2) is 23.8 Å². The Morgan fingerprint density at radius 3 is 2.73 bits per heavy atom. The van der Waals surface area contributed by atoms with E-state index in [1.165, 1.54) is 24.8 Å². The number of aliphatic hydroxyl groups is 1. The van der Waals surface area contributed by atoms with Crippen LogP contribution >= 0.6 is 22.6 Å². The number of fused-ring (bicyclic) bond motifs is 5. The fraction of sp³-hybridized carbons (Fsp3) is 0.737. The molecule has 1 N–H and O–H groups in total. The van der Waals surface area contributed by atoms with Crippen LogP contribution < -0.4 is 0 Å². The molecule has 0 saturated heterocycles. The molecule has 122 valence electrons. The maximum Gasteiger partial charge on any atom is 0.178 e. The summed E-state index contributed by atoms with van der Waals surface area (Å²) in [7, 11) is 0. The van der Waals surface area contributed by atoms with Crippen LogP contribution in [0, 0.1) is 23.7 Å². The van der Waals surface area contributed by atoms with Crippen LogP contribution in [-0.4, -0.2) is 20.4 Å². The number of rotatable bonds is 0. The molecule has 0 spiro atoms. The highest BCUT2D eigenvalue weighted by atomic mass is 127. The zero-order chi connectivity index (χ0) is 15.9. The van der Waals surface area contributed by atoms with Gasteiger partial charge in [-0.1, -0.05) is 48.1 Å². The standard InChI is InChI=1S/C17H21IO2.C2H6/c18-17-8-7-13-12-4-2-11(19)9-10(12)1-3-14(13)15(17)5-6-16(17)20;1-2/h2,4,9,12-16,20H,1,3,5-8H2;1-2H3/t12?,13?,14?,15?,16?,17-;/m1./s1. The van der Waals surface area contributed by atoms with E-state index in [2.05, 4.69) is 28.7 Å². The molecule has 3 fully saturated rings. The molecule has 22 heavy (non-hydrogen) atoms. The molecule has 0 aromatic rings. The quantitative estimate of drug-likeness (QED) is 0.470. The van der Waals surface area contributed by atoms with Crippen molar-refractivity contribution in [3.05, 3.63) is 23.8 Å². The second-order valence-electron chi connectivity index (χ2n) is 7.04. The predicted octanol–water partition coefficient (Wildman–Crippen LogP) is 4.46. The number of hydrogen-bond donors (Lipinski definition) is 1. The van der Waals surface area contributed by atoms with Crippen molar-refractivity contribution < 1.29 is 9.90 Å². The van der Waals surface area contributed by atoms with Gasteiger partial charge in [-0.05, 0) is 68.4 Å². The first kappa shape index (κ1) is 16.7. The van der Waals surface area contributed by atoms with Gasteiger partial charge in [-0.3, -0.25) is 4.79 Å². The largest absolute Gasteiger partial charge is 0.392 e. The number of ketones is 1.